The minimum atomic E-state index is -0.938. The molecule has 1 N–H and O–H groups in total. The summed E-state index contributed by atoms with van der Waals surface area (Å²) < 4.78 is 12.8. The molecule has 0 amide bonds. The zero-order valence-corrected chi connectivity index (χ0v) is 10.1. The number of alkyl halides is 1. The highest BCUT2D eigenvalue weighted by Gasteiger charge is 2.20. The van der Waals surface area contributed by atoms with Crippen LogP contribution in [0.1, 0.15) is 24.3 Å². The molecular formula is C13H14ClFO2. The van der Waals surface area contributed by atoms with Crippen LogP contribution in [0.15, 0.2) is 36.4 Å². The van der Waals surface area contributed by atoms with Gasteiger partial charge < -0.3 is 5.11 Å². The largest absolute Gasteiger partial charge is 0.481 e. The second-order valence-corrected chi connectivity index (χ2v) is 4.21. The molecule has 92 valence electrons. The van der Waals surface area contributed by atoms with E-state index in [1.807, 2.05) is 0 Å². The Bertz CT molecular complexity index is 400. The number of hydrogen-bond donors (Lipinski definition) is 1. The van der Waals surface area contributed by atoms with E-state index in [4.69, 9.17) is 16.7 Å². The van der Waals surface area contributed by atoms with Gasteiger partial charge in [-0.2, -0.15) is 0 Å². The fraction of sp³-hybridized carbons (Fsp3) is 0.308. The monoisotopic (exact) mass is 256 g/mol. The molecule has 0 radical (unpaired) electrons. The molecule has 0 saturated heterocycles. The summed E-state index contributed by atoms with van der Waals surface area (Å²) in [6.07, 6.45) is 0.917. The van der Waals surface area contributed by atoms with Gasteiger partial charge in [0.15, 0.2) is 0 Å². The lowest BCUT2D eigenvalue weighted by Crippen LogP contribution is -2.12. The summed E-state index contributed by atoms with van der Waals surface area (Å²) in [6.45, 7) is 3.79. The van der Waals surface area contributed by atoms with Gasteiger partial charge in [0.2, 0.25) is 0 Å². The second-order valence-electron chi connectivity index (χ2n) is 3.84. The van der Waals surface area contributed by atoms with Gasteiger partial charge in [-0.15, -0.1) is 11.6 Å². The van der Waals surface area contributed by atoms with Crippen LogP contribution in [0.5, 0.6) is 0 Å². The molecule has 0 spiro atoms. The Morgan fingerprint density at radius 3 is 2.47 bits per heavy atom. The van der Waals surface area contributed by atoms with Crippen molar-refractivity contribution in [1.82, 2.24) is 0 Å². The van der Waals surface area contributed by atoms with Crippen molar-refractivity contribution in [1.29, 1.82) is 0 Å². The molecule has 0 aliphatic rings. The normalized spacial score (nSPS) is 12.1. The molecular weight excluding hydrogens is 243 g/mol. The third-order valence-corrected chi connectivity index (χ3v) is 2.70. The Hall–Kier alpha value is -1.35. The lowest BCUT2D eigenvalue weighted by molar-refractivity contribution is -0.138. The maximum absolute atomic E-state index is 12.8. The van der Waals surface area contributed by atoms with Gasteiger partial charge in [-0.05, 0) is 30.5 Å². The fourth-order valence-electron chi connectivity index (χ4n) is 1.57. The Morgan fingerprint density at radius 1 is 1.41 bits per heavy atom. The molecule has 1 rings (SSSR count). The highest BCUT2D eigenvalue weighted by atomic mass is 35.5. The number of rotatable bonds is 6. The molecule has 17 heavy (non-hydrogen) atoms. The van der Waals surface area contributed by atoms with Crippen LogP contribution in [0.2, 0.25) is 0 Å². The van der Waals surface area contributed by atoms with Crippen LogP contribution < -0.4 is 0 Å². The second kappa shape index (κ2) is 6.40. The number of aliphatic carboxylic acids is 1. The van der Waals surface area contributed by atoms with Crippen LogP contribution in [0.4, 0.5) is 4.39 Å². The van der Waals surface area contributed by atoms with Crippen molar-refractivity contribution < 1.29 is 14.3 Å². The first-order valence-electron chi connectivity index (χ1n) is 5.25. The zero-order valence-electron chi connectivity index (χ0n) is 9.33. The van der Waals surface area contributed by atoms with E-state index < -0.39 is 11.9 Å². The standard InChI is InChI=1S/C13H14ClFO2/c1-9(6-7-14)8-12(13(16)17)10-2-4-11(15)5-3-10/h2-5,12H,1,6-8H2,(H,16,17). The predicted octanol–water partition coefficient (Wildman–Crippen LogP) is 3.57. The third kappa shape index (κ3) is 4.19. The molecule has 0 saturated carbocycles. The summed E-state index contributed by atoms with van der Waals surface area (Å²) in [5.74, 6) is -1.58. The first-order chi connectivity index (χ1) is 8.04. The van der Waals surface area contributed by atoms with Crippen LogP contribution >= 0.6 is 11.6 Å². The molecule has 0 aliphatic carbocycles. The highest BCUT2D eigenvalue weighted by molar-refractivity contribution is 6.18. The quantitative estimate of drug-likeness (QED) is 0.624. The van der Waals surface area contributed by atoms with Crippen molar-refractivity contribution in [2.24, 2.45) is 0 Å². The van der Waals surface area contributed by atoms with E-state index in [-0.39, 0.29) is 5.82 Å². The van der Waals surface area contributed by atoms with Crippen LogP contribution in [0.25, 0.3) is 0 Å². The van der Waals surface area contributed by atoms with Crippen LogP contribution in [0, 0.1) is 5.82 Å². The Morgan fingerprint density at radius 2 is 2.00 bits per heavy atom. The van der Waals surface area contributed by atoms with E-state index in [9.17, 15) is 9.18 Å². The van der Waals surface area contributed by atoms with Gasteiger partial charge in [-0.25, -0.2) is 4.39 Å². The predicted molar refractivity (Wildman–Crippen MR) is 65.9 cm³/mol. The summed E-state index contributed by atoms with van der Waals surface area (Å²) in [4.78, 5) is 11.2. The van der Waals surface area contributed by atoms with E-state index in [0.717, 1.165) is 5.57 Å². The van der Waals surface area contributed by atoms with Crippen molar-refractivity contribution in [3.8, 4) is 0 Å². The van der Waals surface area contributed by atoms with Gasteiger partial charge >= 0.3 is 5.97 Å². The summed E-state index contributed by atoms with van der Waals surface area (Å²) in [6, 6.07) is 5.50. The average molecular weight is 257 g/mol. The fourth-order valence-corrected chi connectivity index (χ4v) is 1.83. The number of benzene rings is 1. The molecule has 4 heteroatoms. The van der Waals surface area contributed by atoms with E-state index >= 15 is 0 Å². The van der Waals surface area contributed by atoms with Crippen molar-refractivity contribution in [2.75, 3.05) is 5.88 Å². The Kier molecular flexibility index (Phi) is 5.16. The van der Waals surface area contributed by atoms with E-state index in [0.29, 0.717) is 24.3 Å². The number of carboxylic acids is 1. The minimum Gasteiger partial charge on any atom is -0.481 e. The summed E-state index contributed by atoms with van der Waals surface area (Å²) in [7, 11) is 0. The third-order valence-electron chi connectivity index (χ3n) is 2.51. The van der Waals surface area contributed by atoms with Gasteiger partial charge in [-0.3, -0.25) is 4.79 Å². The minimum absolute atomic E-state index is 0.327. The van der Waals surface area contributed by atoms with Crippen molar-refractivity contribution in [2.45, 2.75) is 18.8 Å². The first kappa shape index (κ1) is 13.7. The maximum atomic E-state index is 12.8. The molecule has 1 aromatic rings. The van der Waals surface area contributed by atoms with Crippen molar-refractivity contribution >= 4 is 17.6 Å². The number of carbonyl (C=O) groups is 1. The molecule has 0 aromatic heterocycles. The van der Waals surface area contributed by atoms with Gasteiger partial charge in [0, 0.05) is 5.88 Å². The SMILES string of the molecule is C=C(CCCl)CC(C(=O)O)c1ccc(F)cc1. The molecule has 0 aliphatic heterocycles. The molecule has 0 fully saturated rings. The highest BCUT2D eigenvalue weighted by Crippen LogP contribution is 2.25. The van der Waals surface area contributed by atoms with Crippen LogP contribution in [-0.2, 0) is 4.79 Å². The van der Waals surface area contributed by atoms with Crippen molar-refractivity contribution in [3.05, 3.63) is 47.8 Å². The van der Waals surface area contributed by atoms with Crippen molar-refractivity contribution in [3.63, 3.8) is 0 Å². The zero-order chi connectivity index (χ0) is 12.8. The molecule has 1 aromatic carbocycles. The van der Waals surface area contributed by atoms with Gasteiger partial charge in [0.25, 0.3) is 0 Å². The van der Waals surface area contributed by atoms with Gasteiger partial charge in [-0.1, -0.05) is 24.3 Å². The smallest absolute Gasteiger partial charge is 0.311 e. The van der Waals surface area contributed by atoms with E-state index in [2.05, 4.69) is 6.58 Å². The maximum Gasteiger partial charge on any atom is 0.311 e. The van der Waals surface area contributed by atoms with Crippen LogP contribution in [0.3, 0.4) is 0 Å². The first-order valence-corrected chi connectivity index (χ1v) is 5.79. The molecule has 1 unspecified atom stereocenters. The average Bonchev–Trinajstić information content (AvgIpc) is 2.27. The van der Waals surface area contributed by atoms with Crippen LogP contribution in [-0.4, -0.2) is 17.0 Å². The summed E-state index contributed by atoms with van der Waals surface area (Å²) in [5, 5.41) is 9.15. The molecule has 1 atom stereocenters. The lowest BCUT2D eigenvalue weighted by atomic mass is 9.91. The number of carboxylic acid groups (broad SMARTS) is 1. The molecule has 0 bridgehead atoms. The Balaban J connectivity index is 2.82. The lowest BCUT2D eigenvalue weighted by Gasteiger charge is -2.14. The number of hydrogen-bond acceptors (Lipinski definition) is 1. The molecule has 0 heterocycles. The number of allylic oxidation sites excluding steroid dienone is 1. The molecule has 2 nitrogen and oxygen atoms in total. The topological polar surface area (TPSA) is 37.3 Å². The Labute approximate surface area is 105 Å². The van der Waals surface area contributed by atoms with E-state index in [1.54, 1.807) is 0 Å². The number of halogens is 2. The van der Waals surface area contributed by atoms with Gasteiger partial charge in [0.1, 0.15) is 5.82 Å². The summed E-state index contributed by atoms with van der Waals surface area (Å²) >= 11 is 5.57. The van der Waals surface area contributed by atoms with Gasteiger partial charge in [0.05, 0.1) is 5.92 Å². The van der Waals surface area contributed by atoms with E-state index in [1.165, 1.54) is 24.3 Å². The summed E-state index contributed by atoms with van der Waals surface area (Å²) in [5.41, 5.74) is 1.37.